The van der Waals surface area contributed by atoms with Crippen LogP contribution in [-0.2, 0) is 20.9 Å². The van der Waals surface area contributed by atoms with E-state index in [0.29, 0.717) is 11.1 Å². The Hall–Kier alpha value is -3.10. The molecule has 1 atom stereocenters. The zero-order valence-electron chi connectivity index (χ0n) is 16.3. The number of imide groups is 1. The molecule has 9 nitrogen and oxygen atoms in total. The highest BCUT2D eigenvalue weighted by molar-refractivity contribution is 5.97. The van der Waals surface area contributed by atoms with Crippen LogP contribution >= 0.6 is 0 Å². The van der Waals surface area contributed by atoms with Crippen LogP contribution in [-0.4, -0.2) is 34.6 Å². The van der Waals surface area contributed by atoms with E-state index in [-0.39, 0.29) is 19.0 Å². The summed E-state index contributed by atoms with van der Waals surface area (Å²) in [5.74, 6) is -1.92. The number of para-hydroxylation sites is 2. The summed E-state index contributed by atoms with van der Waals surface area (Å²) in [4.78, 5) is 48.0. The summed E-state index contributed by atoms with van der Waals surface area (Å²) in [5.41, 5.74) is 1.01. The highest BCUT2D eigenvalue weighted by Crippen LogP contribution is 2.17. The number of amides is 3. The van der Waals surface area contributed by atoms with E-state index in [0.717, 1.165) is 32.1 Å². The van der Waals surface area contributed by atoms with Crippen molar-refractivity contribution in [2.24, 2.45) is 0 Å². The molecule has 0 unspecified atom stereocenters. The molecule has 1 fully saturated rings. The number of hydrogen-bond acceptors (Lipinski definition) is 6. The highest BCUT2D eigenvalue weighted by Gasteiger charge is 2.22. The van der Waals surface area contributed by atoms with Crippen LogP contribution in [0.3, 0.4) is 0 Å². The monoisotopic (exact) mass is 403 g/mol. The van der Waals surface area contributed by atoms with Crippen molar-refractivity contribution >= 4 is 29.0 Å². The Labute approximate surface area is 167 Å². The maximum Gasteiger partial charge on any atom is 0.419 e. The van der Waals surface area contributed by atoms with Gasteiger partial charge >= 0.3 is 17.8 Å². The van der Waals surface area contributed by atoms with Gasteiger partial charge in [0.05, 0.1) is 11.9 Å². The van der Waals surface area contributed by atoms with E-state index in [2.05, 4.69) is 10.6 Å². The molecule has 1 saturated carbocycles. The summed E-state index contributed by atoms with van der Waals surface area (Å²) in [5, 5.41) is 4.96. The lowest BCUT2D eigenvalue weighted by Crippen LogP contribution is -2.48. The van der Waals surface area contributed by atoms with E-state index < -0.39 is 29.8 Å². The Morgan fingerprint density at radius 3 is 2.69 bits per heavy atom. The lowest BCUT2D eigenvalue weighted by molar-refractivity contribution is -0.154. The van der Waals surface area contributed by atoms with E-state index in [1.54, 1.807) is 24.3 Å². The number of ether oxygens (including phenoxy) is 1. The Balaban J connectivity index is 1.45. The Morgan fingerprint density at radius 2 is 1.93 bits per heavy atom. The average molecular weight is 403 g/mol. The van der Waals surface area contributed by atoms with Crippen LogP contribution in [0.2, 0.25) is 0 Å². The molecule has 3 rings (SSSR count). The predicted octanol–water partition coefficient (Wildman–Crippen LogP) is 2.07. The number of nitrogens with zero attached hydrogens (tertiary/aromatic N) is 1. The summed E-state index contributed by atoms with van der Waals surface area (Å²) < 4.78 is 11.5. The van der Waals surface area contributed by atoms with Crippen molar-refractivity contribution in [3.63, 3.8) is 0 Å². The smallest absolute Gasteiger partial charge is 0.419 e. The molecule has 2 N–H and O–H groups in total. The number of carbonyl (C=O) groups is 3. The second kappa shape index (κ2) is 9.40. The van der Waals surface area contributed by atoms with E-state index in [1.807, 2.05) is 0 Å². The molecule has 0 spiro atoms. The number of nitrogens with one attached hydrogen (secondary N) is 2. The van der Waals surface area contributed by atoms with Crippen molar-refractivity contribution in [3.8, 4) is 0 Å². The molecular formula is C20H25N3O6. The van der Waals surface area contributed by atoms with Crippen LogP contribution in [0.25, 0.3) is 11.1 Å². The van der Waals surface area contributed by atoms with Gasteiger partial charge in [0.25, 0.3) is 5.91 Å². The largest absolute Gasteiger partial charge is 0.452 e. The molecule has 156 valence electrons. The molecule has 0 aliphatic heterocycles. The lowest BCUT2D eigenvalue weighted by Gasteiger charge is -2.23. The molecule has 1 aliphatic carbocycles. The third-order valence-corrected chi connectivity index (χ3v) is 4.97. The summed E-state index contributed by atoms with van der Waals surface area (Å²) in [6, 6.07) is 6.37. The number of oxazole rings is 1. The van der Waals surface area contributed by atoms with Crippen molar-refractivity contribution in [2.75, 3.05) is 0 Å². The van der Waals surface area contributed by atoms with Gasteiger partial charge in [-0.3, -0.25) is 19.5 Å². The topological polar surface area (TPSA) is 120 Å². The predicted molar refractivity (Wildman–Crippen MR) is 104 cm³/mol. The lowest BCUT2D eigenvalue weighted by atomic mass is 9.96. The standard InChI is InChI=1S/C20H25N3O6/c1-13(18(25)22-19(26)21-14-7-3-2-4-8-14)28-17(24)11-12-23-15-9-5-6-10-16(15)29-20(23)27/h5-6,9-10,13-14H,2-4,7-8,11-12H2,1H3,(H2,21,22,25,26)/t13-/m1/s1. The molecule has 29 heavy (non-hydrogen) atoms. The van der Waals surface area contributed by atoms with Gasteiger partial charge in [-0.15, -0.1) is 0 Å². The quantitative estimate of drug-likeness (QED) is 0.713. The number of fused-ring (bicyclic) bond motifs is 1. The minimum Gasteiger partial charge on any atom is -0.452 e. The first-order chi connectivity index (χ1) is 13.9. The van der Waals surface area contributed by atoms with Crippen LogP contribution in [0.4, 0.5) is 4.79 Å². The number of aryl methyl sites for hydroxylation is 1. The second-order valence-corrected chi connectivity index (χ2v) is 7.17. The first-order valence-corrected chi connectivity index (χ1v) is 9.83. The molecule has 1 heterocycles. The molecule has 3 amide bonds. The number of esters is 1. The van der Waals surface area contributed by atoms with Gasteiger partial charge in [0.1, 0.15) is 0 Å². The fourth-order valence-corrected chi connectivity index (χ4v) is 3.42. The van der Waals surface area contributed by atoms with Gasteiger partial charge in [-0.05, 0) is 31.9 Å². The molecule has 0 bridgehead atoms. The van der Waals surface area contributed by atoms with Gasteiger partial charge in [-0.2, -0.15) is 0 Å². The first-order valence-electron chi connectivity index (χ1n) is 9.83. The minimum absolute atomic E-state index is 0.0607. The zero-order chi connectivity index (χ0) is 20.8. The maximum absolute atomic E-state index is 12.1. The molecule has 0 radical (unpaired) electrons. The SMILES string of the molecule is C[C@@H](OC(=O)CCn1c(=O)oc2ccccc21)C(=O)NC(=O)NC1CCCCC1. The number of rotatable bonds is 6. The summed E-state index contributed by atoms with van der Waals surface area (Å²) >= 11 is 0. The fraction of sp³-hybridized carbons (Fsp3) is 0.500. The summed E-state index contributed by atoms with van der Waals surface area (Å²) in [6.07, 6.45) is 3.83. The molecule has 1 aromatic carbocycles. The molecule has 1 aromatic heterocycles. The van der Waals surface area contributed by atoms with E-state index in [9.17, 15) is 19.2 Å². The third kappa shape index (κ3) is 5.46. The van der Waals surface area contributed by atoms with Crippen molar-refractivity contribution in [1.82, 2.24) is 15.2 Å². The highest BCUT2D eigenvalue weighted by atomic mass is 16.5. The van der Waals surface area contributed by atoms with Crippen LogP contribution in [0.15, 0.2) is 33.5 Å². The van der Waals surface area contributed by atoms with E-state index in [4.69, 9.17) is 9.15 Å². The van der Waals surface area contributed by atoms with Crippen molar-refractivity contribution in [1.29, 1.82) is 0 Å². The third-order valence-electron chi connectivity index (χ3n) is 4.97. The molecule has 1 aliphatic rings. The van der Waals surface area contributed by atoms with Crippen LogP contribution in [0, 0.1) is 0 Å². The van der Waals surface area contributed by atoms with Crippen LogP contribution < -0.4 is 16.4 Å². The minimum atomic E-state index is -1.13. The molecular weight excluding hydrogens is 378 g/mol. The van der Waals surface area contributed by atoms with Crippen molar-refractivity contribution in [2.45, 2.75) is 64.1 Å². The van der Waals surface area contributed by atoms with Gasteiger partial charge < -0.3 is 14.5 Å². The number of carbonyl (C=O) groups excluding carboxylic acids is 3. The number of aromatic nitrogens is 1. The first kappa shape index (κ1) is 20.6. The van der Waals surface area contributed by atoms with Gasteiger partial charge in [0.2, 0.25) is 0 Å². The maximum atomic E-state index is 12.1. The Kier molecular flexibility index (Phi) is 6.69. The molecule has 0 saturated heterocycles. The van der Waals surface area contributed by atoms with Crippen molar-refractivity contribution in [3.05, 3.63) is 34.8 Å². The van der Waals surface area contributed by atoms with E-state index >= 15 is 0 Å². The van der Waals surface area contributed by atoms with Gasteiger partial charge in [-0.1, -0.05) is 31.4 Å². The Bertz CT molecular complexity index is 941. The summed E-state index contributed by atoms with van der Waals surface area (Å²) in [7, 11) is 0. The number of urea groups is 1. The van der Waals surface area contributed by atoms with Gasteiger partial charge in [0.15, 0.2) is 11.7 Å². The number of hydrogen-bond donors (Lipinski definition) is 2. The molecule has 2 aromatic rings. The van der Waals surface area contributed by atoms with Crippen LogP contribution in [0.5, 0.6) is 0 Å². The van der Waals surface area contributed by atoms with E-state index in [1.165, 1.54) is 11.5 Å². The molecule has 9 heteroatoms. The fourth-order valence-electron chi connectivity index (χ4n) is 3.42. The summed E-state index contributed by atoms with van der Waals surface area (Å²) in [6.45, 7) is 1.45. The number of benzene rings is 1. The van der Waals surface area contributed by atoms with Gasteiger partial charge in [-0.25, -0.2) is 9.59 Å². The second-order valence-electron chi connectivity index (χ2n) is 7.17. The zero-order valence-corrected chi connectivity index (χ0v) is 16.3. The van der Waals surface area contributed by atoms with Crippen LogP contribution in [0.1, 0.15) is 45.4 Å². The normalized spacial score (nSPS) is 15.6. The average Bonchev–Trinajstić information content (AvgIpc) is 3.02. The Morgan fingerprint density at radius 1 is 1.21 bits per heavy atom. The van der Waals surface area contributed by atoms with Gasteiger partial charge in [0, 0.05) is 12.6 Å². The van der Waals surface area contributed by atoms with Crippen molar-refractivity contribution < 1.29 is 23.5 Å².